The zero-order chi connectivity index (χ0) is 9.40. The van der Waals surface area contributed by atoms with Crippen LogP contribution in [0.2, 0.25) is 0 Å². The van der Waals surface area contributed by atoms with E-state index in [0.717, 1.165) is 0 Å². The molecule has 0 saturated carbocycles. The third-order valence-electron chi connectivity index (χ3n) is 1.02. The minimum atomic E-state index is -0.376. The van der Waals surface area contributed by atoms with Crippen LogP contribution in [0.5, 0.6) is 0 Å². The smallest absolute Gasteiger partial charge is 0.333 e. The fraction of sp³-hybridized carbons (Fsp3) is 0.444. The van der Waals surface area contributed by atoms with Gasteiger partial charge in [0.15, 0.2) is 0 Å². The molecule has 12 heavy (non-hydrogen) atoms. The highest BCUT2D eigenvalue weighted by Crippen LogP contribution is 1.91. The van der Waals surface area contributed by atoms with Gasteiger partial charge in [-0.2, -0.15) is 0 Å². The molecule has 0 bridgehead atoms. The Morgan fingerprint density at radius 2 is 2.17 bits per heavy atom. The monoisotopic (exact) mass is 170 g/mol. The second-order valence-electron chi connectivity index (χ2n) is 2.26. The maximum atomic E-state index is 10.8. The van der Waals surface area contributed by atoms with Gasteiger partial charge in [0.25, 0.3) is 0 Å². The van der Waals surface area contributed by atoms with Gasteiger partial charge in [-0.3, -0.25) is 0 Å². The first-order valence-corrected chi connectivity index (χ1v) is 3.74. The molecule has 0 N–H and O–H groups in total. The molecule has 3 heteroatoms. The molecule has 3 nitrogen and oxygen atoms in total. The Morgan fingerprint density at radius 1 is 1.50 bits per heavy atom. The fourth-order valence-electron chi connectivity index (χ4n) is 0.470. The SMILES string of the molecule is C=C(C)C(=O)OCCO/C=C\C. The molecule has 0 amide bonds. The van der Waals surface area contributed by atoms with Gasteiger partial charge in [-0.1, -0.05) is 12.7 Å². The first-order chi connectivity index (χ1) is 5.68. The van der Waals surface area contributed by atoms with Gasteiger partial charge in [-0.05, 0) is 13.8 Å². The van der Waals surface area contributed by atoms with E-state index < -0.39 is 0 Å². The Balaban J connectivity index is 3.32. The van der Waals surface area contributed by atoms with Gasteiger partial charge >= 0.3 is 5.97 Å². The summed E-state index contributed by atoms with van der Waals surface area (Å²) in [6.45, 7) is 7.53. The molecule has 0 aromatic heterocycles. The van der Waals surface area contributed by atoms with Crippen molar-refractivity contribution in [2.45, 2.75) is 13.8 Å². The third-order valence-corrected chi connectivity index (χ3v) is 1.02. The molecule has 68 valence electrons. The van der Waals surface area contributed by atoms with E-state index in [1.807, 2.05) is 6.92 Å². The summed E-state index contributed by atoms with van der Waals surface area (Å²) in [5.74, 6) is -0.376. The maximum absolute atomic E-state index is 10.8. The number of carbonyl (C=O) groups is 1. The molecule has 0 unspecified atom stereocenters. The predicted octanol–water partition coefficient (Wildman–Crippen LogP) is 1.66. The molecular formula is C9H14O3. The van der Waals surface area contributed by atoms with Crippen LogP contribution in [0, 0.1) is 0 Å². The van der Waals surface area contributed by atoms with Crippen LogP contribution in [0.1, 0.15) is 13.8 Å². The summed E-state index contributed by atoms with van der Waals surface area (Å²) >= 11 is 0. The second-order valence-corrected chi connectivity index (χ2v) is 2.26. The van der Waals surface area contributed by atoms with Crippen molar-refractivity contribution in [3.63, 3.8) is 0 Å². The van der Waals surface area contributed by atoms with Crippen LogP contribution < -0.4 is 0 Å². The average Bonchev–Trinajstić information content (AvgIpc) is 2.03. The molecule has 0 radical (unpaired) electrons. The molecule has 0 heterocycles. The summed E-state index contributed by atoms with van der Waals surface area (Å²) in [6.07, 6.45) is 3.31. The van der Waals surface area contributed by atoms with E-state index in [0.29, 0.717) is 12.2 Å². The van der Waals surface area contributed by atoms with E-state index in [9.17, 15) is 4.79 Å². The molecule has 0 fully saturated rings. The highest BCUT2D eigenvalue weighted by molar-refractivity contribution is 5.86. The number of ether oxygens (including phenoxy) is 2. The largest absolute Gasteiger partial charge is 0.498 e. The summed E-state index contributed by atoms with van der Waals surface area (Å²) in [5, 5.41) is 0. The van der Waals surface area contributed by atoms with E-state index in [4.69, 9.17) is 9.47 Å². The van der Waals surface area contributed by atoms with Crippen LogP contribution in [0.4, 0.5) is 0 Å². The lowest BCUT2D eigenvalue weighted by Gasteiger charge is -2.03. The Labute approximate surface area is 72.7 Å². The van der Waals surface area contributed by atoms with E-state index in [1.165, 1.54) is 0 Å². The topological polar surface area (TPSA) is 35.5 Å². The molecule has 0 atom stereocenters. The quantitative estimate of drug-likeness (QED) is 0.272. The number of hydrogen-bond acceptors (Lipinski definition) is 3. The lowest BCUT2D eigenvalue weighted by Crippen LogP contribution is -2.09. The summed E-state index contributed by atoms with van der Waals surface area (Å²) in [6, 6.07) is 0. The van der Waals surface area contributed by atoms with Crippen molar-refractivity contribution in [3.05, 3.63) is 24.5 Å². The standard InChI is InChI=1S/C9H14O3/c1-4-5-11-6-7-12-9(10)8(2)3/h4-5H,2,6-7H2,1,3H3/b5-4-. The van der Waals surface area contributed by atoms with Gasteiger partial charge in [0.2, 0.25) is 0 Å². The van der Waals surface area contributed by atoms with E-state index in [-0.39, 0.29) is 12.6 Å². The fourth-order valence-corrected chi connectivity index (χ4v) is 0.470. The zero-order valence-electron chi connectivity index (χ0n) is 7.50. The van der Waals surface area contributed by atoms with Gasteiger partial charge in [0.05, 0.1) is 6.26 Å². The van der Waals surface area contributed by atoms with Gasteiger partial charge in [0, 0.05) is 5.57 Å². The van der Waals surface area contributed by atoms with Crippen molar-refractivity contribution in [3.8, 4) is 0 Å². The molecule has 0 saturated heterocycles. The van der Waals surface area contributed by atoms with Crippen molar-refractivity contribution < 1.29 is 14.3 Å². The predicted molar refractivity (Wildman–Crippen MR) is 46.5 cm³/mol. The van der Waals surface area contributed by atoms with Crippen LogP contribution in [0.3, 0.4) is 0 Å². The Bertz CT molecular complexity index is 182. The molecule has 0 spiro atoms. The van der Waals surface area contributed by atoms with E-state index in [2.05, 4.69) is 6.58 Å². The van der Waals surface area contributed by atoms with E-state index in [1.54, 1.807) is 19.3 Å². The molecule has 0 aliphatic heterocycles. The van der Waals surface area contributed by atoms with Crippen molar-refractivity contribution in [1.82, 2.24) is 0 Å². The summed E-state index contributed by atoms with van der Waals surface area (Å²) in [7, 11) is 0. The van der Waals surface area contributed by atoms with Gasteiger partial charge < -0.3 is 9.47 Å². The Hall–Kier alpha value is -1.25. The third kappa shape index (κ3) is 5.53. The number of hydrogen-bond donors (Lipinski definition) is 0. The lowest BCUT2D eigenvalue weighted by molar-refractivity contribution is -0.139. The summed E-state index contributed by atoms with van der Waals surface area (Å²) in [4.78, 5) is 10.8. The first-order valence-electron chi connectivity index (χ1n) is 3.74. The number of carbonyl (C=O) groups excluding carboxylic acids is 1. The summed E-state index contributed by atoms with van der Waals surface area (Å²) < 4.78 is 9.68. The molecule has 0 aliphatic carbocycles. The lowest BCUT2D eigenvalue weighted by atomic mass is 10.4. The molecule has 0 rings (SSSR count). The Morgan fingerprint density at radius 3 is 2.67 bits per heavy atom. The maximum Gasteiger partial charge on any atom is 0.333 e. The van der Waals surface area contributed by atoms with Crippen LogP contribution in [0.15, 0.2) is 24.5 Å². The van der Waals surface area contributed by atoms with Gasteiger partial charge in [-0.15, -0.1) is 0 Å². The van der Waals surface area contributed by atoms with Crippen molar-refractivity contribution >= 4 is 5.97 Å². The second kappa shape index (κ2) is 6.46. The van der Waals surface area contributed by atoms with Crippen molar-refractivity contribution in [2.75, 3.05) is 13.2 Å². The molecular weight excluding hydrogens is 156 g/mol. The molecule has 0 aliphatic rings. The number of esters is 1. The Kier molecular flexibility index (Phi) is 5.79. The van der Waals surface area contributed by atoms with Crippen LogP contribution in [-0.2, 0) is 14.3 Å². The highest BCUT2D eigenvalue weighted by atomic mass is 16.6. The minimum absolute atomic E-state index is 0.260. The van der Waals surface area contributed by atoms with Crippen LogP contribution >= 0.6 is 0 Å². The molecule has 0 aromatic rings. The van der Waals surface area contributed by atoms with Crippen LogP contribution in [0.25, 0.3) is 0 Å². The normalized spacial score (nSPS) is 9.83. The highest BCUT2D eigenvalue weighted by Gasteiger charge is 2.00. The van der Waals surface area contributed by atoms with E-state index >= 15 is 0 Å². The minimum Gasteiger partial charge on any atom is -0.498 e. The summed E-state index contributed by atoms with van der Waals surface area (Å²) in [5.41, 5.74) is 0.404. The zero-order valence-corrected chi connectivity index (χ0v) is 7.50. The number of allylic oxidation sites excluding steroid dienone is 1. The molecule has 0 aromatic carbocycles. The van der Waals surface area contributed by atoms with Gasteiger partial charge in [0.1, 0.15) is 13.2 Å². The first kappa shape index (κ1) is 10.8. The van der Waals surface area contributed by atoms with Crippen molar-refractivity contribution in [1.29, 1.82) is 0 Å². The van der Waals surface area contributed by atoms with Crippen LogP contribution in [-0.4, -0.2) is 19.2 Å². The number of rotatable bonds is 5. The van der Waals surface area contributed by atoms with Gasteiger partial charge in [-0.25, -0.2) is 4.79 Å². The van der Waals surface area contributed by atoms with Crippen molar-refractivity contribution in [2.24, 2.45) is 0 Å². The average molecular weight is 170 g/mol.